The van der Waals surface area contributed by atoms with Crippen molar-refractivity contribution in [2.24, 2.45) is 0 Å². The molecule has 6 nitrogen and oxygen atoms in total. The van der Waals surface area contributed by atoms with Gasteiger partial charge in [-0.15, -0.1) is 11.3 Å². The normalized spacial score (nSPS) is 10.9. The Kier molecular flexibility index (Phi) is 7.22. The van der Waals surface area contributed by atoms with Crippen LogP contribution in [0.3, 0.4) is 0 Å². The molecule has 0 aliphatic rings. The summed E-state index contributed by atoms with van der Waals surface area (Å²) in [7, 11) is 0. The number of aromatic nitrogens is 2. The number of carboxylic acids is 1. The number of hydrogen-bond acceptors (Lipinski definition) is 6. The summed E-state index contributed by atoms with van der Waals surface area (Å²) in [6.45, 7) is 2.46. The van der Waals surface area contributed by atoms with E-state index in [4.69, 9.17) is 9.84 Å². The molecular weight excluding hydrogens is 422 g/mol. The van der Waals surface area contributed by atoms with E-state index >= 15 is 0 Å². The number of ether oxygens (including phenoxy) is 1. The molecule has 7 heteroatoms. The second-order valence-corrected chi connectivity index (χ2v) is 8.30. The monoisotopic (exact) mass is 445 g/mol. The predicted octanol–water partition coefficient (Wildman–Crippen LogP) is 5.02. The highest BCUT2D eigenvalue weighted by molar-refractivity contribution is 7.09. The number of pyridine rings is 1. The first-order chi connectivity index (χ1) is 15.7. The Bertz CT molecular complexity index is 1130. The van der Waals surface area contributed by atoms with Crippen molar-refractivity contribution in [1.29, 1.82) is 0 Å². The van der Waals surface area contributed by atoms with Crippen molar-refractivity contribution < 1.29 is 14.6 Å². The summed E-state index contributed by atoms with van der Waals surface area (Å²) in [6, 6.07) is 22.1. The van der Waals surface area contributed by atoms with E-state index in [1.165, 1.54) is 11.3 Å². The molecule has 2 aromatic heterocycles. The number of benzene rings is 2. The van der Waals surface area contributed by atoms with Crippen LogP contribution in [0.1, 0.15) is 32.2 Å². The van der Waals surface area contributed by atoms with E-state index in [2.05, 4.69) is 27.0 Å². The van der Waals surface area contributed by atoms with Crippen LogP contribution < -0.4 is 4.74 Å². The van der Waals surface area contributed by atoms with E-state index < -0.39 is 5.97 Å². The second kappa shape index (κ2) is 10.7. The predicted molar refractivity (Wildman–Crippen MR) is 123 cm³/mol. The second-order valence-electron chi connectivity index (χ2n) is 7.36. The van der Waals surface area contributed by atoms with Crippen LogP contribution in [0.2, 0.25) is 0 Å². The molecule has 0 spiro atoms. The molecule has 0 atom stereocenters. The summed E-state index contributed by atoms with van der Waals surface area (Å²) in [6.07, 6.45) is 3.60. The van der Waals surface area contributed by atoms with Crippen molar-refractivity contribution in [3.8, 4) is 5.75 Å². The van der Waals surface area contributed by atoms with Crippen LogP contribution in [-0.2, 0) is 26.2 Å². The number of carboxylic acid groups (broad SMARTS) is 1. The molecule has 0 unspecified atom stereocenters. The molecule has 0 saturated carbocycles. The first-order valence-electron chi connectivity index (χ1n) is 10.2. The van der Waals surface area contributed by atoms with Crippen LogP contribution in [0, 0.1) is 0 Å². The number of hydrogen-bond donors (Lipinski definition) is 1. The van der Waals surface area contributed by atoms with Gasteiger partial charge in [-0.05, 0) is 34.9 Å². The van der Waals surface area contributed by atoms with Crippen LogP contribution in [0.25, 0.3) is 0 Å². The molecule has 0 aliphatic heterocycles. The fraction of sp³-hybridized carbons (Fsp3) is 0.160. The third kappa shape index (κ3) is 6.23. The van der Waals surface area contributed by atoms with E-state index in [9.17, 15) is 4.79 Å². The van der Waals surface area contributed by atoms with Crippen LogP contribution >= 0.6 is 11.3 Å². The first-order valence-corrected chi connectivity index (χ1v) is 11.1. The van der Waals surface area contributed by atoms with Gasteiger partial charge in [0.25, 0.3) is 0 Å². The van der Waals surface area contributed by atoms with Crippen molar-refractivity contribution in [3.05, 3.63) is 112 Å². The van der Waals surface area contributed by atoms with Gasteiger partial charge < -0.3 is 9.84 Å². The maximum Gasteiger partial charge on any atom is 0.355 e. The molecule has 0 amide bonds. The summed E-state index contributed by atoms with van der Waals surface area (Å²) in [5.41, 5.74) is 3.44. The highest BCUT2D eigenvalue weighted by Gasteiger charge is 2.14. The van der Waals surface area contributed by atoms with Gasteiger partial charge >= 0.3 is 5.97 Å². The van der Waals surface area contributed by atoms with Gasteiger partial charge in [0.1, 0.15) is 17.4 Å². The third-order valence-corrected chi connectivity index (χ3v) is 5.67. The van der Waals surface area contributed by atoms with Gasteiger partial charge in [-0.3, -0.25) is 9.88 Å². The van der Waals surface area contributed by atoms with Gasteiger partial charge in [-0.1, -0.05) is 48.5 Å². The Balaban J connectivity index is 1.42. The molecule has 32 heavy (non-hydrogen) atoms. The smallest absolute Gasteiger partial charge is 0.355 e. The highest BCUT2D eigenvalue weighted by Crippen LogP contribution is 2.19. The highest BCUT2D eigenvalue weighted by atomic mass is 32.1. The third-order valence-electron chi connectivity index (χ3n) is 4.84. The van der Waals surface area contributed by atoms with E-state index in [0.29, 0.717) is 26.2 Å². The number of nitrogens with zero attached hydrogens (tertiary/aromatic N) is 3. The van der Waals surface area contributed by atoms with Gasteiger partial charge in [0.05, 0.1) is 6.54 Å². The molecule has 0 bridgehead atoms. The Labute approximate surface area is 190 Å². The lowest BCUT2D eigenvalue weighted by Gasteiger charge is -2.21. The SMILES string of the molecule is O=C(O)c1csc(CN(Cc2ccc(OCc3ccccc3)cc2)Cc2cccnc2)n1. The Hall–Kier alpha value is -3.55. The van der Waals surface area contributed by atoms with Gasteiger partial charge in [-0.25, -0.2) is 9.78 Å². The average molecular weight is 446 g/mol. The van der Waals surface area contributed by atoms with Crippen molar-refractivity contribution in [2.45, 2.75) is 26.2 Å². The van der Waals surface area contributed by atoms with Gasteiger partial charge in [-0.2, -0.15) is 0 Å². The maximum atomic E-state index is 11.2. The Morgan fingerprint density at radius 1 is 0.906 bits per heavy atom. The number of aromatic carboxylic acids is 1. The van der Waals surface area contributed by atoms with Crippen molar-refractivity contribution >= 4 is 17.3 Å². The molecule has 4 rings (SSSR count). The number of carbonyl (C=O) groups is 1. The van der Waals surface area contributed by atoms with Crippen molar-refractivity contribution in [1.82, 2.24) is 14.9 Å². The lowest BCUT2D eigenvalue weighted by molar-refractivity contribution is 0.0691. The molecule has 0 aliphatic carbocycles. The van der Waals surface area contributed by atoms with Crippen LogP contribution in [0.15, 0.2) is 84.5 Å². The maximum absolute atomic E-state index is 11.2. The largest absolute Gasteiger partial charge is 0.489 e. The van der Waals surface area contributed by atoms with Gasteiger partial charge in [0.15, 0.2) is 5.69 Å². The zero-order valence-electron chi connectivity index (χ0n) is 17.4. The van der Waals surface area contributed by atoms with E-state index in [0.717, 1.165) is 27.4 Å². The fourth-order valence-corrected chi connectivity index (χ4v) is 4.09. The fourth-order valence-electron chi connectivity index (χ4n) is 3.28. The molecule has 0 saturated heterocycles. The summed E-state index contributed by atoms with van der Waals surface area (Å²) in [5, 5.41) is 11.5. The standard InChI is InChI=1S/C25H23N3O3S/c29-25(30)23-18-32-24(27-23)16-28(15-21-7-4-12-26-13-21)14-19-8-10-22(11-9-19)31-17-20-5-2-1-3-6-20/h1-13,18H,14-17H2,(H,29,30). The lowest BCUT2D eigenvalue weighted by atomic mass is 10.2. The minimum atomic E-state index is -1.00. The molecule has 0 radical (unpaired) electrons. The summed E-state index contributed by atoms with van der Waals surface area (Å²) in [4.78, 5) is 21.8. The quantitative estimate of drug-likeness (QED) is 0.370. The van der Waals surface area contributed by atoms with Gasteiger partial charge in [0, 0.05) is 30.9 Å². The summed E-state index contributed by atoms with van der Waals surface area (Å²) >= 11 is 1.37. The Morgan fingerprint density at radius 3 is 2.34 bits per heavy atom. The van der Waals surface area contributed by atoms with Gasteiger partial charge in [0.2, 0.25) is 0 Å². The van der Waals surface area contributed by atoms with Crippen molar-refractivity contribution in [3.63, 3.8) is 0 Å². The number of thiazole rings is 1. The molecule has 162 valence electrons. The van der Waals surface area contributed by atoms with Crippen molar-refractivity contribution in [2.75, 3.05) is 0 Å². The van der Waals surface area contributed by atoms with E-state index in [-0.39, 0.29) is 5.69 Å². The molecule has 2 aromatic carbocycles. The molecule has 1 N–H and O–H groups in total. The van der Waals surface area contributed by atoms with E-state index in [1.807, 2.05) is 60.8 Å². The summed E-state index contributed by atoms with van der Waals surface area (Å²) < 4.78 is 5.88. The molecule has 4 aromatic rings. The molecule has 2 heterocycles. The molecule has 0 fully saturated rings. The summed E-state index contributed by atoms with van der Waals surface area (Å²) in [5.74, 6) is -0.181. The minimum absolute atomic E-state index is 0.0891. The first kappa shape index (κ1) is 21.7. The average Bonchev–Trinajstić information content (AvgIpc) is 3.29. The molecular formula is C25H23N3O3S. The van der Waals surface area contributed by atoms with Crippen LogP contribution in [0.4, 0.5) is 0 Å². The van der Waals surface area contributed by atoms with Crippen LogP contribution in [0.5, 0.6) is 5.75 Å². The topological polar surface area (TPSA) is 75.5 Å². The number of rotatable bonds is 10. The zero-order valence-corrected chi connectivity index (χ0v) is 18.2. The Morgan fingerprint density at radius 2 is 1.66 bits per heavy atom. The van der Waals surface area contributed by atoms with E-state index in [1.54, 1.807) is 11.6 Å². The minimum Gasteiger partial charge on any atom is -0.489 e. The lowest BCUT2D eigenvalue weighted by Crippen LogP contribution is -2.22. The zero-order chi connectivity index (χ0) is 22.2. The van der Waals surface area contributed by atoms with Crippen LogP contribution in [-0.4, -0.2) is 25.9 Å².